The molecule has 7 nitrogen and oxygen atoms in total. The maximum absolute atomic E-state index is 12.1. The second-order valence-electron chi connectivity index (χ2n) is 6.05. The summed E-state index contributed by atoms with van der Waals surface area (Å²) in [5.74, 6) is 0.857. The first-order chi connectivity index (χ1) is 13.8. The minimum atomic E-state index is -0.0171. The fourth-order valence-electron chi connectivity index (χ4n) is 2.69. The highest BCUT2D eigenvalue weighted by Crippen LogP contribution is 2.19. The van der Waals surface area contributed by atoms with Crippen molar-refractivity contribution < 1.29 is 4.79 Å². The van der Waals surface area contributed by atoms with E-state index in [-0.39, 0.29) is 5.91 Å². The lowest BCUT2D eigenvalue weighted by atomic mass is 10.1. The third-order valence-electron chi connectivity index (χ3n) is 4.06. The standard InChI is InChI=1S/C20H18N6OS/c27-18(22-13-11-15-6-2-1-3-7-15)14-28-19-10-9-17-23-24-20(26(17)25-19)16-8-4-5-12-21-16/h1-10,12H,11,13-14H2,(H,22,27). The van der Waals surface area contributed by atoms with Crippen molar-refractivity contribution in [1.82, 2.24) is 30.1 Å². The van der Waals surface area contributed by atoms with Gasteiger partial charge >= 0.3 is 0 Å². The van der Waals surface area contributed by atoms with Crippen molar-refractivity contribution in [3.8, 4) is 11.5 Å². The van der Waals surface area contributed by atoms with E-state index in [4.69, 9.17) is 0 Å². The summed E-state index contributed by atoms with van der Waals surface area (Å²) in [6, 6.07) is 19.4. The molecule has 28 heavy (non-hydrogen) atoms. The molecule has 140 valence electrons. The van der Waals surface area contributed by atoms with Gasteiger partial charge in [-0.3, -0.25) is 9.78 Å². The molecule has 4 rings (SSSR count). The normalized spacial score (nSPS) is 10.9. The van der Waals surface area contributed by atoms with Gasteiger partial charge in [-0.05, 0) is 36.2 Å². The molecule has 3 heterocycles. The van der Waals surface area contributed by atoms with Crippen molar-refractivity contribution in [3.05, 3.63) is 72.4 Å². The van der Waals surface area contributed by atoms with Gasteiger partial charge in [0, 0.05) is 12.7 Å². The van der Waals surface area contributed by atoms with Crippen LogP contribution in [0.3, 0.4) is 0 Å². The fraction of sp³-hybridized carbons (Fsp3) is 0.150. The van der Waals surface area contributed by atoms with Crippen molar-refractivity contribution in [1.29, 1.82) is 0 Å². The van der Waals surface area contributed by atoms with E-state index in [0.717, 1.165) is 11.4 Å². The fourth-order valence-corrected chi connectivity index (χ4v) is 3.37. The van der Waals surface area contributed by atoms with Crippen molar-refractivity contribution >= 4 is 23.3 Å². The van der Waals surface area contributed by atoms with Crippen LogP contribution in [0, 0.1) is 0 Å². The summed E-state index contributed by atoms with van der Waals surface area (Å²) in [6.45, 7) is 0.616. The molecule has 4 aromatic rings. The molecule has 0 atom stereocenters. The summed E-state index contributed by atoms with van der Waals surface area (Å²) in [5.41, 5.74) is 2.54. The van der Waals surface area contributed by atoms with Gasteiger partial charge in [0.05, 0.1) is 5.75 Å². The van der Waals surface area contributed by atoms with Crippen molar-refractivity contribution in [2.75, 3.05) is 12.3 Å². The topological polar surface area (TPSA) is 85.1 Å². The number of pyridine rings is 1. The number of amides is 1. The molecule has 0 aliphatic heterocycles. The zero-order chi connectivity index (χ0) is 19.2. The molecule has 0 spiro atoms. The molecule has 8 heteroatoms. The number of hydrogen-bond donors (Lipinski definition) is 1. The monoisotopic (exact) mass is 390 g/mol. The highest BCUT2D eigenvalue weighted by atomic mass is 32.2. The second-order valence-corrected chi connectivity index (χ2v) is 7.05. The molecule has 0 saturated heterocycles. The van der Waals surface area contributed by atoms with Crippen LogP contribution in [0.15, 0.2) is 71.9 Å². The minimum Gasteiger partial charge on any atom is -0.355 e. The number of nitrogens with one attached hydrogen (secondary N) is 1. The number of aromatic nitrogens is 5. The van der Waals surface area contributed by atoms with Crippen LogP contribution >= 0.6 is 11.8 Å². The van der Waals surface area contributed by atoms with E-state index >= 15 is 0 Å². The van der Waals surface area contributed by atoms with Crippen LogP contribution in [0.1, 0.15) is 5.56 Å². The number of rotatable bonds is 7. The first kappa shape index (κ1) is 18.1. The average molecular weight is 390 g/mol. The van der Waals surface area contributed by atoms with Gasteiger partial charge in [-0.15, -0.1) is 10.2 Å². The lowest BCUT2D eigenvalue weighted by Gasteiger charge is -2.05. The zero-order valence-corrected chi connectivity index (χ0v) is 15.8. The number of carbonyl (C=O) groups excluding carboxylic acids is 1. The van der Waals surface area contributed by atoms with Crippen molar-refractivity contribution in [3.63, 3.8) is 0 Å². The smallest absolute Gasteiger partial charge is 0.230 e. The van der Waals surface area contributed by atoms with Crippen LogP contribution in [0.2, 0.25) is 0 Å². The quantitative estimate of drug-likeness (QED) is 0.488. The van der Waals surface area contributed by atoms with Gasteiger partial charge in [0.15, 0.2) is 5.65 Å². The van der Waals surface area contributed by atoms with E-state index in [1.807, 2.05) is 48.5 Å². The van der Waals surface area contributed by atoms with Gasteiger partial charge in [-0.1, -0.05) is 48.2 Å². The van der Waals surface area contributed by atoms with E-state index in [0.29, 0.717) is 29.5 Å². The first-order valence-electron chi connectivity index (χ1n) is 8.87. The third-order valence-corrected chi connectivity index (χ3v) is 4.98. The van der Waals surface area contributed by atoms with E-state index in [9.17, 15) is 4.79 Å². The second kappa shape index (κ2) is 8.62. The molecule has 0 aliphatic carbocycles. The molecular weight excluding hydrogens is 372 g/mol. The molecule has 0 saturated carbocycles. The van der Waals surface area contributed by atoms with Crippen LogP contribution in [-0.4, -0.2) is 43.0 Å². The third kappa shape index (κ3) is 4.34. The van der Waals surface area contributed by atoms with Crippen LogP contribution < -0.4 is 5.32 Å². The molecule has 1 amide bonds. The molecular formula is C20H18N6OS. The molecule has 0 unspecified atom stereocenters. The Bertz CT molecular complexity index is 1070. The largest absolute Gasteiger partial charge is 0.355 e. The molecule has 0 bridgehead atoms. The predicted molar refractivity (Wildman–Crippen MR) is 108 cm³/mol. The van der Waals surface area contributed by atoms with Gasteiger partial charge in [0.25, 0.3) is 0 Å². The number of thioether (sulfide) groups is 1. The van der Waals surface area contributed by atoms with Crippen LogP contribution in [0.25, 0.3) is 17.2 Å². The Labute approximate surface area is 166 Å². The Balaban J connectivity index is 1.36. The minimum absolute atomic E-state index is 0.0171. The van der Waals surface area contributed by atoms with E-state index < -0.39 is 0 Å². The van der Waals surface area contributed by atoms with Crippen LogP contribution in [-0.2, 0) is 11.2 Å². The highest BCUT2D eigenvalue weighted by molar-refractivity contribution is 7.99. The lowest BCUT2D eigenvalue weighted by Crippen LogP contribution is -2.27. The maximum atomic E-state index is 12.1. The van der Waals surface area contributed by atoms with Gasteiger partial charge in [0.2, 0.25) is 11.7 Å². The molecule has 1 aromatic carbocycles. The number of fused-ring (bicyclic) bond motifs is 1. The molecule has 0 aliphatic rings. The summed E-state index contributed by atoms with van der Waals surface area (Å²) in [7, 11) is 0. The summed E-state index contributed by atoms with van der Waals surface area (Å²) < 4.78 is 1.65. The van der Waals surface area contributed by atoms with Crippen molar-refractivity contribution in [2.45, 2.75) is 11.4 Å². The Kier molecular flexibility index (Phi) is 5.58. The lowest BCUT2D eigenvalue weighted by molar-refractivity contribution is -0.118. The Hall–Kier alpha value is -3.26. The van der Waals surface area contributed by atoms with Crippen LogP contribution in [0.4, 0.5) is 0 Å². The molecule has 3 aromatic heterocycles. The highest BCUT2D eigenvalue weighted by Gasteiger charge is 2.11. The first-order valence-corrected chi connectivity index (χ1v) is 9.85. The van der Waals surface area contributed by atoms with Crippen molar-refractivity contribution in [2.24, 2.45) is 0 Å². The number of nitrogens with zero attached hydrogens (tertiary/aromatic N) is 5. The Morgan fingerprint density at radius 2 is 1.86 bits per heavy atom. The summed E-state index contributed by atoms with van der Waals surface area (Å²) in [5, 5.41) is 16.5. The number of carbonyl (C=O) groups is 1. The summed E-state index contributed by atoms with van der Waals surface area (Å²) >= 11 is 1.38. The van der Waals surface area contributed by atoms with E-state index in [2.05, 4.69) is 37.7 Å². The summed E-state index contributed by atoms with van der Waals surface area (Å²) in [4.78, 5) is 16.4. The predicted octanol–water partition coefficient (Wildman–Crippen LogP) is 2.64. The molecule has 0 radical (unpaired) electrons. The SMILES string of the molecule is O=C(CSc1ccc2nnc(-c3ccccn3)n2n1)NCCc1ccccc1. The van der Waals surface area contributed by atoms with Gasteiger partial charge in [-0.25, -0.2) is 0 Å². The Morgan fingerprint density at radius 3 is 2.68 bits per heavy atom. The van der Waals surface area contributed by atoms with E-state index in [1.54, 1.807) is 10.7 Å². The number of benzene rings is 1. The van der Waals surface area contributed by atoms with Gasteiger partial charge in [-0.2, -0.15) is 9.61 Å². The van der Waals surface area contributed by atoms with E-state index in [1.165, 1.54) is 17.3 Å². The molecule has 1 N–H and O–H groups in total. The summed E-state index contributed by atoms with van der Waals surface area (Å²) in [6.07, 6.45) is 2.52. The zero-order valence-electron chi connectivity index (χ0n) is 15.0. The average Bonchev–Trinajstić information content (AvgIpc) is 3.17. The number of hydrogen-bond acceptors (Lipinski definition) is 6. The van der Waals surface area contributed by atoms with Crippen LogP contribution in [0.5, 0.6) is 0 Å². The van der Waals surface area contributed by atoms with Gasteiger partial charge < -0.3 is 5.32 Å². The maximum Gasteiger partial charge on any atom is 0.230 e. The molecule has 0 fully saturated rings. The van der Waals surface area contributed by atoms with Gasteiger partial charge in [0.1, 0.15) is 10.7 Å². The Morgan fingerprint density at radius 1 is 1.00 bits per heavy atom.